The summed E-state index contributed by atoms with van der Waals surface area (Å²) in [6.45, 7) is 3.26. The molecule has 0 bridgehead atoms. The number of likely N-dealkylation sites (tertiary alicyclic amines) is 1. The van der Waals surface area contributed by atoms with Crippen molar-refractivity contribution in [2.75, 3.05) is 37.7 Å². The van der Waals surface area contributed by atoms with Crippen LogP contribution in [0.25, 0.3) is 0 Å². The molecule has 1 fully saturated rings. The van der Waals surface area contributed by atoms with Crippen molar-refractivity contribution in [1.82, 2.24) is 4.90 Å². The molecule has 0 aromatic heterocycles. The molecule has 1 heterocycles. The molecule has 0 saturated carbocycles. The zero-order valence-electron chi connectivity index (χ0n) is 10.1. The molecule has 0 spiro atoms. The molecule has 0 radical (unpaired) electrons. The first-order chi connectivity index (χ1) is 8.19. The number of nitrogens with two attached hydrogens (primary N) is 1. The van der Waals surface area contributed by atoms with Gasteiger partial charge in [-0.05, 0) is 44.1 Å². The van der Waals surface area contributed by atoms with Gasteiger partial charge >= 0.3 is 0 Å². The van der Waals surface area contributed by atoms with Gasteiger partial charge in [-0.15, -0.1) is 0 Å². The van der Waals surface area contributed by atoms with Crippen LogP contribution in [0.15, 0.2) is 18.2 Å². The lowest BCUT2D eigenvalue weighted by Gasteiger charge is -2.14. The van der Waals surface area contributed by atoms with Crippen molar-refractivity contribution in [2.45, 2.75) is 6.42 Å². The molecule has 1 aromatic carbocycles. The maximum atomic E-state index is 8.75. The summed E-state index contributed by atoms with van der Waals surface area (Å²) in [6.07, 6.45) is 1.24. The molecule has 2 rings (SSSR count). The van der Waals surface area contributed by atoms with Crippen LogP contribution < -0.4 is 11.1 Å². The second-order valence-electron chi connectivity index (χ2n) is 4.71. The van der Waals surface area contributed by atoms with Crippen LogP contribution >= 0.6 is 0 Å². The molecule has 1 aliphatic rings. The van der Waals surface area contributed by atoms with Crippen LogP contribution in [0.5, 0.6) is 0 Å². The van der Waals surface area contributed by atoms with Crippen molar-refractivity contribution in [2.24, 2.45) is 5.92 Å². The molecule has 3 N–H and O–H groups in total. The van der Waals surface area contributed by atoms with Gasteiger partial charge in [0.2, 0.25) is 0 Å². The fraction of sp³-hybridized carbons (Fsp3) is 0.462. The Labute approximate surface area is 102 Å². The number of nitrogens with one attached hydrogen (secondary N) is 1. The first kappa shape index (κ1) is 11.7. The fourth-order valence-electron chi connectivity index (χ4n) is 2.24. The van der Waals surface area contributed by atoms with Gasteiger partial charge in [-0.2, -0.15) is 5.26 Å². The summed E-state index contributed by atoms with van der Waals surface area (Å²) in [5.41, 5.74) is 8.07. The second kappa shape index (κ2) is 5.07. The minimum atomic E-state index is 0.605. The van der Waals surface area contributed by atoms with Crippen LogP contribution in [0.4, 0.5) is 11.4 Å². The van der Waals surface area contributed by atoms with Crippen molar-refractivity contribution in [3.63, 3.8) is 0 Å². The Morgan fingerprint density at radius 3 is 3.00 bits per heavy atom. The maximum Gasteiger partial charge on any atom is 0.0992 e. The van der Waals surface area contributed by atoms with Crippen molar-refractivity contribution in [1.29, 1.82) is 5.26 Å². The highest BCUT2D eigenvalue weighted by Crippen LogP contribution is 2.21. The Morgan fingerprint density at radius 2 is 2.41 bits per heavy atom. The molecule has 4 nitrogen and oxygen atoms in total. The molecule has 90 valence electrons. The summed E-state index contributed by atoms with van der Waals surface area (Å²) in [5.74, 6) is 0.690. The van der Waals surface area contributed by atoms with E-state index in [-0.39, 0.29) is 0 Å². The van der Waals surface area contributed by atoms with E-state index < -0.39 is 0 Å². The predicted molar refractivity (Wildman–Crippen MR) is 69.7 cm³/mol. The van der Waals surface area contributed by atoms with E-state index in [1.54, 1.807) is 12.1 Å². The highest BCUT2D eigenvalue weighted by Gasteiger charge is 2.19. The van der Waals surface area contributed by atoms with Gasteiger partial charge < -0.3 is 16.0 Å². The SMILES string of the molecule is CN1CCC(CNc2ccc(C#N)cc2N)C1. The summed E-state index contributed by atoms with van der Waals surface area (Å²) < 4.78 is 0. The number of hydrogen-bond acceptors (Lipinski definition) is 4. The van der Waals surface area contributed by atoms with Crippen molar-refractivity contribution < 1.29 is 0 Å². The van der Waals surface area contributed by atoms with Gasteiger partial charge in [0.15, 0.2) is 0 Å². The molecule has 1 unspecified atom stereocenters. The van der Waals surface area contributed by atoms with Crippen LogP contribution in [0.2, 0.25) is 0 Å². The summed E-state index contributed by atoms with van der Waals surface area (Å²) in [6, 6.07) is 7.47. The van der Waals surface area contributed by atoms with E-state index in [4.69, 9.17) is 11.0 Å². The normalized spacial score (nSPS) is 20.1. The molecule has 1 saturated heterocycles. The first-order valence-electron chi connectivity index (χ1n) is 5.91. The van der Waals surface area contributed by atoms with Crippen molar-refractivity contribution in [3.05, 3.63) is 23.8 Å². The lowest BCUT2D eigenvalue weighted by atomic mass is 10.1. The number of benzene rings is 1. The van der Waals surface area contributed by atoms with E-state index in [2.05, 4.69) is 23.3 Å². The molecular formula is C13H18N4. The standard InChI is InChI=1S/C13H18N4/c1-17-5-4-11(9-17)8-16-13-3-2-10(7-14)6-12(13)15/h2-3,6,11,16H,4-5,8-9,15H2,1H3. The summed E-state index contributed by atoms with van der Waals surface area (Å²) in [4.78, 5) is 2.34. The number of anilines is 2. The summed E-state index contributed by atoms with van der Waals surface area (Å²) in [5, 5.41) is 12.1. The minimum Gasteiger partial charge on any atom is -0.397 e. The van der Waals surface area contributed by atoms with Gasteiger partial charge in [0, 0.05) is 13.1 Å². The third-order valence-electron chi connectivity index (χ3n) is 3.25. The van der Waals surface area contributed by atoms with E-state index in [0.717, 1.165) is 18.8 Å². The van der Waals surface area contributed by atoms with E-state index in [1.165, 1.54) is 13.0 Å². The number of rotatable bonds is 3. The van der Waals surface area contributed by atoms with E-state index in [0.29, 0.717) is 17.2 Å². The quantitative estimate of drug-likeness (QED) is 0.772. The molecule has 0 aliphatic carbocycles. The third kappa shape index (κ3) is 2.89. The Kier molecular flexibility index (Phi) is 3.50. The second-order valence-corrected chi connectivity index (χ2v) is 4.71. The molecule has 0 amide bonds. The van der Waals surface area contributed by atoms with Gasteiger partial charge in [0.05, 0.1) is 23.0 Å². The average molecular weight is 230 g/mol. The van der Waals surface area contributed by atoms with Crippen molar-refractivity contribution in [3.8, 4) is 6.07 Å². The number of nitriles is 1. The van der Waals surface area contributed by atoms with Gasteiger partial charge in [-0.3, -0.25) is 0 Å². The zero-order valence-corrected chi connectivity index (χ0v) is 10.1. The maximum absolute atomic E-state index is 8.75. The van der Waals surface area contributed by atoms with Gasteiger partial charge in [0.1, 0.15) is 0 Å². The highest BCUT2D eigenvalue weighted by atomic mass is 15.1. The fourth-order valence-corrected chi connectivity index (χ4v) is 2.24. The monoisotopic (exact) mass is 230 g/mol. The Hall–Kier alpha value is -1.73. The Bertz CT molecular complexity index is 436. The van der Waals surface area contributed by atoms with E-state index >= 15 is 0 Å². The van der Waals surface area contributed by atoms with Gasteiger partial charge in [0.25, 0.3) is 0 Å². The molecule has 17 heavy (non-hydrogen) atoms. The summed E-state index contributed by atoms with van der Waals surface area (Å²) in [7, 11) is 2.15. The van der Waals surface area contributed by atoms with Gasteiger partial charge in [-0.1, -0.05) is 0 Å². The molecule has 1 aliphatic heterocycles. The Morgan fingerprint density at radius 1 is 1.59 bits per heavy atom. The van der Waals surface area contributed by atoms with Gasteiger partial charge in [-0.25, -0.2) is 0 Å². The van der Waals surface area contributed by atoms with E-state index in [1.807, 2.05) is 6.07 Å². The molecule has 4 heteroatoms. The van der Waals surface area contributed by atoms with Crippen LogP contribution in [0.3, 0.4) is 0 Å². The van der Waals surface area contributed by atoms with Crippen LogP contribution in [0.1, 0.15) is 12.0 Å². The third-order valence-corrected chi connectivity index (χ3v) is 3.25. The number of hydrogen-bond donors (Lipinski definition) is 2. The predicted octanol–water partition coefficient (Wildman–Crippen LogP) is 1.50. The van der Waals surface area contributed by atoms with E-state index in [9.17, 15) is 0 Å². The topological polar surface area (TPSA) is 65.1 Å². The first-order valence-corrected chi connectivity index (χ1v) is 5.91. The Balaban J connectivity index is 1.93. The lowest BCUT2D eigenvalue weighted by molar-refractivity contribution is 0.399. The lowest BCUT2D eigenvalue weighted by Crippen LogP contribution is -2.19. The number of nitrogen functional groups attached to an aromatic ring is 1. The smallest absolute Gasteiger partial charge is 0.0992 e. The molecule has 1 aromatic rings. The van der Waals surface area contributed by atoms with Crippen LogP contribution in [-0.2, 0) is 0 Å². The average Bonchev–Trinajstić information content (AvgIpc) is 2.73. The summed E-state index contributed by atoms with van der Waals surface area (Å²) >= 11 is 0. The zero-order chi connectivity index (χ0) is 12.3. The molecular weight excluding hydrogens is 212 g/mol. The highest BCUT2D eigenvalue weighted by molar-refractivity contribution is 5.68. The van der Waals surface area contributed by atoms with Crippen molar-refractivity contribution >= 4 is 11.4 Å². The molecule has 1 atom stereocenters. The minimum absolute atomic E-state index is 0.605. The number of nitrogens with zero attached hydrogens (tertiary/aromatic N) is 2. The van der Waals surface area contributed by atoms with Crippen LogP contribution in [0, 0.1) is 17.2 Å². The van der Waals surface area contributed by atoms with Crippen LogP contribution in [-0.4, -0.2) is 31.6 Å². The largest absolute Gasteiger partial charge is 0.397 e.